The van der Waals surface area contributed by atoms with Crippen molar-refractivity contribution in [3.05, 3.63) is 29.6 Å². The van der Waals surface area contributed by atoms with Gasteiger partial charge in [0.2, 0.25) is 0 Å². The molecule has 0 saturated carbocycles. The van der Waals surface area contributed by atoms with Gasteiger partial charge in [0.1, 0.15) is 0 Å². The van der Waals surface area contributed by atoms with E-state index in [2.05, 4.69) is 18.0 Å². The largest absolute Gasteiger partial charge is 0.387 e. The number of aliphatic hydroxyl groups excluding tert-OH is 1. The fraction of sp³-hybridized carbons (Fsp3) is 0.500. The van der Waals surface area contributed by atoms with Crippen molar-refractivity contribution >= 4 is 0 Å². The standard InChI is InChI=1S/C10H13NO/c1-7-4-5-9(12)10-8(7)3-2-6-11-10/h2-3,6-7,9,12H,4-5H2,1H3. The molecule has 2 unspecified atom stereocenters. The topological polar surface area (TPSA) is 33.1 Å². The van der Waals surface area contributed by atoms with Gasteiger partial charge in [-0.1, -0.05) is 13.0 Å². The molecular weight excluding hydrogens is 150 g/mol. The van der Waals surface area contributed by atoms with E-state index in [0.717, 1.165) is 18.5 Å². The highest BCUT2D eigenvalue weighted by Crippen LogP contribution is 2.35. The second-order valence-corrected chi connectivity index (χ2v) is 3.47. The van der Waals surface area contributed by atoms with Crippen LogP contribution in [-0.4, -0.2) is 10.1 Å². The van der Waals surface area contributed by atoms with Gasteiger partial charge in [0.25, 0.3) is 0 Å². The van der Waals surface area contributed by atoms with Crippen LogP contribution >= 0.6 is 0 Å². The summed E-state index contributed by atoms with van der Waals surface area (Å²) in [6.45, 7) is 2.19. The molecule has 2 atom stereocenters. The van der Waals surface area contributed by atoms with E-state index < -0.39 is 0 Å². The van der Waals surface area contributed by atoms with Crippen LogP contribution in [0.5, 0.6) is 0 Å². The highest BCUT2D eigenvalue weighted by Gasteiger charge is 2.23. The SMILES string of the molecule is CC1CCC(O)c2ncccc21. The molecule has 0 amide bonds. The third-order valence-electron chi connectivity index (χ3n) is 2.59. The van der Waals surface area contributed by atoms with E-state index in [1.165, 1.54) is 5.56 Å². The van der Waals surface area contributed by atoms with Crippen LogP contribution in [0.25, 0.3) is 0 Å². The molecule has 12 heavy (non-hydrogen) atoms. The van der Waals surface area contributed by atoms with Gasteiger partial charge in [-0.15, -0.1) is 0 Å². The van der Waals surface area contributed by atoms with Crippen LogP contribution in [0.2, 0.25) is 0 Å². The van der Waals surface area contributed by atoms with Crippen molar-refractivity contribution in [2.24, 2.45) is 0 Å². The van der Waals surface area contributed by atoms with Crippen molar-refractivity contribution in [3.8, 4) is 0 Å². The summed E-state index contributed by atoms with van der Waals surface area (Å²) < 4.78 is 0. The lowest BCUT2D eigenvalue weighted by Crippen LogP contribution is -2.13. The molecule has 2 nitrogen and oxygen atoms in total. The normalized spacial score (nSPS) is 28.2. The average Bonchev–Trinajstić information content (AvgIpc) is 2.12. The number of aromatic nitrogens is 1. The summed E-state index contributed by atoms with van der Waals surface area (Å²) in [5.74, 6) is 0.553. The molecular formula is C10H13NO. The maximum atomic E-state index is 9.62. The highest BCUT2D eigenvalue weighted by molar-refractivity contribution is 5.27. The van der Waals surface area contributed by atoms with Gasteiger partial charge in [0.05, 0.1) is 11.8 Å². The molecule has 0 aliphatic heterocycles. The molecule has 0 radical (unpaired) electrons. The fourth-order valence-electron chi connectivity index (χ4n) is 1.83. The summed E-state index contributed by atoms with van der Waals surface area (Å²) in [7, 11) is 0. The van der Waals surface area contributed by atoms with Gasteiger partial charge in [0.15, 0.2) is 0 Å². The van der Waals surface area contributed by atoms with Crippen molar-refractivity contribution in [1.29, 1.82) is 0 Å². The molecule has 1 aliphatic rings. The molecule has 0 spiro atoms. The van der Waals surface area contributed by atoms with Crippen LogP contribution in [-0.2, 0) is 0 Å². The minimum atomic E-state index is -0.336. The molecule has 1 aliphatic carbocycles. The minimum Gasteiger partial charge on any atom is -0.387 e. The first kappa shape index (κ1) is 7.74. The van der Waals surface area contributed by atoms with E-state index in [1.54, 1.807) is 6.20 Å². The summed E-state index contributed by atoms with van der Waals surface area (Å²) in [6, 6.07) is 4.00. The Morgan fingerprint density at radius 2 is 2.33 bits per heavy atom. The molecule has 1 aromatic rings. The summed E-state index contributed by atoms with van der Waals surface area (Å²) in [5.41, 5.74) is 2.10. The molecule has 2 rings (SSSR count). The number of hydrogen-bond acceptors (Lipinski definition) is 2. The molecule has 1 N–H and O–H groups in total. The Hall–Kier alpha value is -0.890. The Kier molecular flexibility index (Phi) is 1.85. The number of rotatable bonds is 0. The summed E-state index contributed by atoms with van der Waals surface area (Å²) in [5, 5.41) is 9.62. The zero-order chi connectivity index (χ0) is 8.55. The third kappa shape index (κ3) is 1.12. The zero-order valence-electron chi connectivity index (χ0n) is 7.20. The van der Waals surface area contributed by atoms with Crippen LogP contribution in [0.3, 0.4) is 0 Å². The number of hydrogen-bond donors (Lipinski definition) is 1. The predicted octanol–water partition coefficient (Wildman–Crippen LogP) is 2.01. The Labute approximate surface area is 72.3 Å². The summed E-state index contributed by atoms with van der Waals surface area (Å²) >= 11 is 0. The lowest BCUT2D eigenvalue weighted by molar-refractivity contribution is 0.146. The van der Waals surface area contributed by atoms with E-state index in [4.69, 9.17) is 0 Å². The van der Waals surface area contributed by atoms with Crippen LogP contribution in [0.15, 0.2) is 18.3 Å². The molecule has 0 fully saturated rings. The third-order valence-corrected chi connectivity index (χ3v) is 2.59. The molecule has 0 bridgehead atoms. The quantitative estimate of drug-likeness (QED) is 0.634. The molecule has 0 saturated heterocycles. The van der Waals surface area contributed by atoms with Crippen LogP contribution in [0, 0.1) is 0 Å². The lowest BCUT2D eigenvalue weighted by atomic mass is 9.85. The maximum absolute atomic E-state index is 9.62. The number of fused-ring (bicyclic) bond motifs is 1. The van der Waals surface area contributed by atoms with Crippen LogP contribution in [0.1, 0.15) is 43.0 Å². The zero-order valence-corrected chi connectivity index (χ0v) is 7.20. The fourth-order valence-corrected chi connectivity index (χ4v) is 1.83. The Balaban J connectivity index is 2.47. The lowest BCUT2D eigenvalue weighted by Gasteiger charge is -2.24. The van der Waals surface area contributed by atoms with Gasteiger partial charge in [-0.3, -0.25) is 4.98 Å². The van der Waals surface area contributed by atoms with E-state index >= 15 is 0 Å². The number of pyridine rings is 1. The van der Waals surface area contributed by atoms with E-state index in [-0.39, 0.29) is 6.10 Å². The summed E-state index contributed by atoms with van der Waals surface area (Å²) in [4.78, 5) is 4.20. The van der Waals surface area contributed by atoms with Crippen molar-refractivity contribution in [1.82, 2.24) is 4.98 Å². The van der Waals surface area contributed by atoms with Gasteiger partial charge >= 0.3 is 0 Å². The molecule has 2 heteroatoms. The van der Waals surface area contributed by atoms with E-state index in [1.807, 2.05) is 6.07 Å². The molecule has 1 aromatic heterocycles. The van der Waals surface area contributed by atoms with E-state index in [0.29, 0.717) is 5.92 Å². The van der Waals surface area contributed by atoms with Crippen molar-refractivity contribution < 1.29 is 5.11 Å². The van der Waals surface area contributed by atoms with Crippen LogP contribution < -0.4 is 0 Å². The van der Waals surface area contributed by atoms with Gasteiger partial charge in [-0.05, 0) is 30.4 Å². The van der Waals surface area contributed by atoms with Crippen molar-refractivity contribution in [2.45, 2.75) is 31.8 Å². The second-order valence-electron chi connectivity index (χ2n) is 3.47. The Morgan fingerprint density at radius 1 is 1.50 bits per heavy atom. The van der Waals surface area contributed by atoms with Gasteiger partial charge in [-0.25, -0.2) is 0 Å². The first-order valence-corrected chi connectivity index (χ1v) is 4.42. The Bertz CT molecular complexity index is 256. The van der Waals surface area contributed by atoms with Crippen LogP contribution in [0.4, 0.5) is 0 Å². The molecule has 1 heterocycles. The Morgan fingerprint density at radius 3 is 3.08 bits per heavy atom. The summed E-state index contributed by atoms with van der Waals surface area (Å²) in [6.07, 6.45) is 3.34. The van der Waals surface area contributed by atoms with Gasteiger partial charge < -0.3 is 5.11 Å². The maximum Gasteiger partial charge on any atom is 0.0962 e. The number of aliphatic hydroxyl groups is 1. The molecule has 0 aromatic carbocycles. The van der Waals surface area contributed by atoms with Gasteiger partial charge in [-0.2, -0.15) is 0 Å². The minimum absolute atomic E-state index is 0.336. The smallest absolute Gasteiger partial charge is 0.0962 e. The highest BCUT2D eigenvalue weighted by atomic mass is 16.3. The monoisotopic (exact) mass is 163 g/mol. The van der Waals surface area contributed by atoms with Crippen molar-refractivity contribution in [3.63, 3.8) is 0 Å². The number of nitrogens with zero attached hydrogens (tertiary/aromatic N) is 1. The second kappa shape index (κ2) is 2.87. The predicted molar refractivity (Wildman–Crippen MR) is 46.8 cm³/mol. The van der Waals surface area contributed by atoms with E-state index in [9.17, 15) is 5.11 Å². The first-order chi connectivity index (χ1) is 5.79. The molecule has 64 valence electrons. The van der Waals surface area contributed by atoms with Gasteiger partial charge in [0, 0.05) is 6.20 Å². The first-order valence-electron chi connectivity index (χ1n) is 4.42. The van der Waals surface area contributed by atoms with Crippen molar-refractivity contribution in [2.75, 3.05) is 0 Å². The average molecular weight is 163 g/mol.